The zero-order valence-electron chi connectivity index (χ0n) is 12.2. The fourth-order valence-electron chi connectivity index (χ4n) is 2.17. The topological polar surface area (TPSA) is 30.9 Å². The molecule has 1 aromatic rings. The second-order valence-electron chi connectivity index (χ2n) is 4.61. The molecule has 7 heteroatoms. The Bertz CT molecular complexity index is 456. The van der Waals surface area contributed by atoms with E-state index in [4.69, 9.17) is 0 Å². The molecule has 0 amide bonds. The van der Waals surface area contributed by atoms with Crippen LogP contribution >= 0.6 is 51.2 Å². The van der Waals surface area contributed by atoms with Gasteiger partial charge in [-0.2, -0.15) is 0 Å². The number of hydrogen-bond acceptors (Lipinski definition) is 3. The lowest BCUT2D eigenvalue weighted by Crippen LogP contribution is -2.52. The maximum Gasteiger partial charge on any atom is 0.194 e. The van der Waals surface area contributed by atoms with E-state index in [1.165, 1.54) is 5.00 Å². The van der Waals surface area contributed by atoms with Crippen LogP contribution in [0, 0.1) is 0 Å². The number of hydrogen-bond donors (Lipinski definition) is 1. The van der Waals surface area contributed by atoms with Crippen molar-refractivity contribution in [3.8, 4) is 0 Å². The number of anilines is 1. The van der Waals surface area contributed by atoms with Gasteiger partial charge in [0.2, 0.25) is 0 Å². The molecule has 0 bridgehead atoms. The molecule has 118 valence electrons. The molecule has 1 aliphatic rings. The second kappa shape index (κ2) is 9.68. The van der Waals surface area contributed by atoms with E-state index in [0.717, 1.165) is 43.2 Å². The van der Waals surface area contributed by atoms with Gasteiger partial charge in [0.25, 0.3) is 0 Å². The molecular weight excluding hydrogens is 463 g/mol. The maximum absolute atomic E-state index is 4.59. The molecule has 1 fully saturated rings. The third-order valence-corrected chi connectivity index (χ3v) is 4.31. The summed E-state index contributed by atoms with van der Waals surface area (Å²) in [6.07, 6.45) is 0. The van der Waals surface area contributed by atoms with Gasteiger partial charge in [-0.25, -0.2) is 4.99 Å². The van der Waals surface area contributed by atoms with Gasteiger partial charge >= 0.3 is 0 Å². The normalized spacial score (nSPS) is 15.6. The third kappa shape index (κ3) is 5.78. The smallest absolute Gasteiger partial charge is 0.194 e. The molecule has 0 radical (unpaired) electrons. The van der Waals surface area contributed by atoms with Crippen LogP contribution in [0.3, 0.4) is 0 Å². The number of nitrogens with zero attached hydrogens (tertiary/aromatic N) is 3. The fourth-order valence-corrected chi connectivity index (χ4v) is 3.09. The fraction of sp³-hybridized carbons (Fsp3) is 0.500. The monoisotopic (exact) mass is 484 g/mol. The molecule has 0 unspecified atom stereocenters. The number of thiophene rings is 1. The largest absolute Gasteiger partial charge is 0.360 e. The molecule has 0 aliphatic carbocycles. The van der Waals surface area contributed by atoms with Crippen molar-refractivity contribution < 1.29 is 0 Å². The first kappa shape index (κ1) is 18.8. The lowest BCUT2D eigenvalue weighted by atomic mass is 10.3. The van der Waals surface area contributed by atoms with E-state index in [-0.39, 0.29) is 24.0 Å². The van der Waals surface area contributed by atoms with Crippen molar-refractivity contribution in [2.75, 3.05) is 44.2 Å². The summed E-state index contributed by atoms with van der Waals surface area (Å²) in [6.45, 7) is 11.5. The van der Waals surface area contributed by atoms with Crippen LogP contribution in [0.15, 0.2) is 33.6 Å². The number of halogens is 2. The van der Waals surface area contributed by atoms with E-state index in [0.29, 0.717) is 6.54 Å². The van der Waals surface area contributed by atoms with Crippen LogP contribution in [0.1, 0.15) is 6.92 Å². The third-order valence-electron chi connectivity index (χ3n) is 3.13. The molecule has 1 N–H and O–H groups in total. The summed E-state index contributed by atoms with van der Waals surface area (Å²) >= 11 is 5.17. The van der Waals surface area contributed by atoms with Crippen molar-refractivity contribution in [3.05, 3.63) is 28.6 Å². The Morgan fingerprint density at radius 2 is 2.14 bits per heavy atom. The van der Waals surface area contributed by atoms with Crippen molar-refractivity contribution in [3.63, 3.8) is 0 Å². The minimum Gasteiger partial charge on any atom is -0.360 e. The first-order valence-electron chi connectivity index (χ1n) is 6.85. The van der Waals surface area contributed by atoms with E-state index in [1.807, 2.05) is 11.3 Å². The van der Waals surface area contributed by atoms with E-state index in [1.54, 1.807) is 0 Å². The Labute approximate surface area is 156 Å². The summed E-state index contributed by atoms with van der Waals surface area (Å²) < 4.78 is 0.908. The standard InChI is InChI=1S/C14H21BrN4S.HI/c1-3-16-14(17-11-12(2)15)19-8-6-18(7-9-19)13-5-4-10-20-13;/h4-5,10H,2-3,6-9,11H2,1H3,(H,16,17);1H. The van der Waals surface area contributed by atoms with Gasteiger partial charge in [-0.15, -0.1) is 35.3 Å². The van der Waals surface area contributed by atoms with Crippen molar-refractivity contribution in [1.29, 1.82) is 0 Å². The Morgan fingerprint density at radius 3 is 2.67 bits per heavy atom. The Morgan fingerprint density at radius 1 is 1.43 bits per heavy atom. The van der Waals surface area contributed by atoms with Gasteiger partial charge in [-0.3, -0.25) is 0 Å². The quantitative estimate of drug-likeness (QED) is 0.404. The lowest BCUT2D eigenvalue weighted by molar-refractivity contribution is 0.374. The van der Waals surface area contributed by atoms with Gasteiger partial charge in [-0.05, 0) is 24.4 Å². The van der Waals surface area contributed by atoms with Gasteiger partial charge in [0.05, 0.1) is 11.5 Å². The number of guanidine groups is 1. The molecule has 2 heterocycles. The van der Waals surface area contributed by atoms with Crippen LogP contribution in [0.25, 0.3) is 0 Å². The molecule has 4 nitrogen and oxygen atoms in total. The van der Waals surface area contributed by atoms with Crippen molar-refractivity contribution in [2.45, 2.75) is 6.92 Å². The van der Waals surface area contributed by atoms with Crippen LogP contribution < -0.4 is 10.2 Å². The van der Waals surface area contributed by atoms with E-state index >= 15 is 0 Å². The molecule has 0 aromatic carbocycles. The van der Waals surface area contributed by atoms with Crippen molar-refractivity contribution in [1.82, 2.24) is 10.2 Å². The molecule has 1 saturated heterocycles. The number of piperazine rings is 1. The molecule has 0 atom stereocenters. The van der Waals surface area contributed by atoms with Crippen LogP contribution in [-0.2, 0) is 0 Å². The van der Waals surface area contributed by atoms with Gasteiger partial charge in [0.15, 0.2) is 5.96 Å². The highest BCUT2D eigenvalue weighted by Crippen LogP contribution is 2.22. The Kier molecular flexibility index (Phi) is 8.65. The maximum atomic E-state index is 4.59. The van der Waals surface area contributed by atoms with Gasteiger partial charge in [-0.1, -0.05) is 22.5 Å². The molecule has 0 saturated carbocycles. The zero-order valence-corrected chi connectivity index (χ0v) is 17.0. The van der Waals surface area contributed by atoms with Gasteiger partial charge in [0, 0.05) is 37.2 Å². The molecule has 21 heavy (non-hydrogen) atoms. The second-order valence-corrected chi connectivity index (χ2v) is 6.66. The SMILES string of the molecule is C=C(Br)CN=C(NCC)N1CCN(c2cccs2)CC1.I. The average molecular weight is 485 g/mol. The summed E-state index contributed by atoms with van der Waals surface area (Å²) in [6, 6.07) is 4.30. The highest BCUT2D eigenvalue weighted by Gasteiger charge is 2.20. The van der Waals surface area contributed by atoms with E-state index in [2.05, 4.69) is 67.1 Å². The first-order valence-corrected chi connectivity index (χ1v) is 8.53. The number of aliphatic imine (C=N–C) groups is 1. The Balaban J connectivity index is 0.00000220. The van der Waals surface area contributed by atoms with Crippen LogP contribution in [0.4, 0.5) is 5.00 Å². The minimum absolute atomic E-state index is 0. The highest BCUT2D eigenvalue weighted by molar-refractivity contribution is 14.0. The average Bonchev–Trinajstić information content (AvgIpc) is 2.97. The summed E-state index contributed by atoms with van der Waals surface area (Å²) in [5.74, 6) is 0.985. The highest BCUT2D eigenvalue weighted by atomic mass is 127. The number of nitrogens with one attached hydrogen (secondary N) is 1. The van der Waals surface area contributed by atoms with E-state index < -0.39 is 0 Å². The van der Waals surface area contributed by atoms with Crippen LogP contribution in [0.2, 0.25) is 0 Å². The lowest BCUT2D eigenvalue weighted by Gasteiger charge is -2.37. The van der Waals surface area contributed by atoms with Crippen molar-refractivity contribution in [2.24, 2.45) is 4.99 Å². The molecule has 1 aromatic heterocycles. The predicted octanol–water partition coefficient (Wildman–Crippen LogP) is 3.36. The Hall–Kier alpha value is -0.280. The molecule has 2 rings (SSSR count). The van der Waals surface area contributed by atoms with Gasteiger partial charge in [0.1, 0.15) is 0 Å². The number of rotatable bonds is 4. The van der Waals surface area contributed by atoms with Crippen molar-refractivity contribution >= 4 is 62.2 Å². The van der Waals surface area contributed by atoms with Crippen LogP contribution in [-0.4, -0.2) is 50.1 Å². The summed E-state index contributed by atoms with van der Waals surface area (Å²) in [7, 11) is 0. The van der Waals surface area contributed by atoms with Gasteiger partial charge < -0.3 is 15.1 Å². The minimum atomic E-state index is 0. The molecule has 0 spiro atoms. The van der Waals surface area contributed by atoms with Crippen LogP contribution in [0.5, 0.6) is 0 Å². The first-order chi connectivity index (χ1) is 9.70. The zero-order chi connectivity index (χ0) is 14.4. The van der Waals surface area contributed by atoms with E-state index in [9.17, 15) is 0 Å². The summed E-state index contributed by atoms with van der Waals surface area (Å²) in [4.78, 5) is 9.36. The summed E-state index contributed by atoms with van der Waals surface area (Å²) in [5, 5.41) is 6.85. The predicted molar refractivity (Wildman–Crippen MR) is 108 cm³/mol. The molecular formula is C14H22BrIN4S. The summed E-state index contributed by atoms with van der Waals surface area (Å²) in [5.41, 5.74) is 0. The molecule has 1 aliphatic heterocycles.